The molecule has 4 aromatic rings. The van der Waals surface area contributed by atoms with Crippen molar-refractivity contribution >= 4 is 17.8 Å². The van der Waals surface area contributed by atoms with Crippen LogP contribution in [0.1, 0.15) is 48.8 Å². The van der Waals surface area contributed by atoms with Crippen LogP contribution >= 0.6 is 0 Å². The standard InChI is InChI=1S/C32H35N5O5/c1-19-13-23(30(34)38)14-20(2)24(19)16-26(33)31(39)37(18-21-9-10-28(42-3)25(15-21)32(40)41)12-11-29-35-17-27(36-29)22-7-5-4-6-8-22/h4-10,13-15,17,26H,11-12,16,18,33H2,1-3H3,(H2,34,38)(H,35,36)(H,40,41)/t26-/m0/s1. The highest BCUT2D eigenvalue weighted by Gasteiger charge is 2.24. The van der Waals surface area contributed by atoms with Gasteiger partial charge in [0.15, 0.2) is 0 Å². The van der Waals surface area contributed by atoms with Crippen molar-refractivity contribution in [2.75, 3.05) is 13.7 Å². The maximum absolute atomic E-state index is 13.8. The number of nitrogens with one attached hydrogen (secondary N) is 1. The molecule has 0 spiro atoms. The van der Waals surface area contributed by atoms with Gasteiger partial charge in [0.1, 0.15) is 17.1 Å². The molecule has 3 aromatic carbocycles. The molecule has 0 aliphatic rings. The zero-order valence-electron chi connectivity index (χ0n) is 23.9. The first-order valence-electron chi connectivity index (χ1n) is 13.5. The highest BCUT2D eigenvalue weighted by Crippen LogP contribution is 2.23. The quantitative estimate of drug-likeness (QED) is 0.202. The number of hydrogen-bond donors (Lipinski definition) is 4. The summed E-state index contributed by atoms with van der Waals surface area (Å²) in [6.45, 7) is 4.15. The molecular formula is C32H35N5O5. The van der Waals surface area contributed by atoms with Crippen molar-refractivity contribution in [2.24, 2.45) is 11.5 Å². The average molecular weight is 570 g/mol. The number of aromatic amines is 1. The van der Waals surface area contributed by atoms with Crippen LogP contribution in [0.15, 0.2) is 66.9 Å². The van der Waals surface area contributed by atoms with Crippen molar-refractivity contribution in [1.29, 1.82) is 0 Å². The lowest BCUT2D eigenvalue weighted by molar-refractivity contribution is -0.133. The Bertz CT molecular complexity index is 1580. The lowest BCUT2D eigenvalue weighted by Crippen LogP contribution is -2.45. The van der Waals surface area contributed by atoms with Gasteiger partial charge in [-0.05, 0) is 66.8 Å². The Kier molecular flexibility index (Phi) is 9.39. The summed E-state index contributed by atoms with van der Waals surface area (Å²) in [5.41, 5.74) is 17.3. The number of nitrogens with zero attached hydrogens (tertiary/aromatic N) is 2. The number of imidazole rings is 1. The molecule has 0 saturated carbocycles. The van der Waals surface area contributed by atoms with Crippen molar-refractivity contribution in [1.82, 2.24) is 14.9 Å². The second-order valence-corrected chi connectivity index (χ2v) is 10.2. The Labute approximate surface area is 244 Å². The molecule has 2 amide bonds. The maximum Gasteiger partial charge on any atom is 0.339 e. The van der Waals surface area contributed by atoms with E-state index in [1.54, 1.807) is 29.2 Å². The van der Waals surface area contributed by atoms with Gasteiger partial charge in [-0.2, -0.15) is 0 Å². The van der Waals surface area contributed by atoms with E-state index in [0.29, 0.717) is 29.9 Å². The molecule has 1 atom stereocenters. The second-order valence-electron chi connectivity index (χ2n) is 10.2. The van der Waals surface area contributed by atoms with Gasteiger partial charge >= 0.3 is 5.97 Å². The smallest absolute Gasteiger partial charge is 0.339 e. The number of primary amides is 1. The number of ether oxygens (including phenoxy) is 1. The van der Waals surface area contributed by atoms with Crippen LogP contribution in [0.4, 0.5) is 0 Å². The molecule has 6 N–H and O–H groups in total. The minimum atomic E-state index is -1.13. The number of nitrogens with two attached hydrogens (primary N) is 2. The van der Waals surface area contributed by atoms with E-state index in [2.05, 4.69) is 9.97 Å². The molecule has 218 valence electrons. The molecule has 0 unspecified atom stereocenters. The van der Waals surface area contributed by atoms with E-state index in [1.165, 1.54) is 13.2 Å². The van der Waals surface area contributed by atoms with Crippen LogP contribution in [-0.4, -0.2) is 57.5 Å². The molecule has 0 bridgehead atoms. The van der Waals surface area contributed by atoms with Crippen LogP contribution in [0.2, 0.25) is 0 Å². The number of methoxy groups -OCH3 is 1. The lowest BCUT2D eigenvalue weighted by atomic mass is 9.93. The molecule has 1 aromatic heterocycles. The van der Waals surface area contributed by atoms with E-state index in [-0.39, 0.29) is 30.2 Å². The molecule has 10 heteroatoms. The van der Waals surface area contributed by atoms with Gasteiger partial charge in [0.05, 0.1) is 18.8 Å². The van der Waals surface area contributed by atoms with E-state index in [9.17, 15) is 19.5 Å². The number of H-pyrrole nitrogens is 1. The fraction of sp³-hybridized carbons (Fsp3) is 0.250. The predicted molar refractivity (Wildman–Crippen MR) is 159 cm³/mol. The largest absolute Gasteiger partial charge is 0.496 e. The van der Waals surface area contributed by atoms with Crippen LogP contribution in [0.5, 0.6) is 5.75 Å². The molecule has 4 rings (SSSR count). The number of aromatic nitrogens is 2. The molecule has 0 fully saturated rings. The van der Waals surface area contributed by atoms with Crippen LogP contribution in [0, 0.1) is 13.8 Å². The van der Waals surface area contributed by atoms with Gasteiger partial charge in [-0.3, -0.25) is 9.59 Å². The van der Waals surface area contributed by atoms with Crippen molar-refractivity contribution in [3.8, 4) is 17.0 Å². The molecule has 42 heavy (non-hydrogen) atoms. The minimum Gasteiger partial charge on any atom is -0.496 e. The molecule has 1 heterocycles. The third-order valence-corrected chi connectivity index (χ3v) is 7.22. The number of carbonyl (C=O) groups excluding carboxylic acids is 2. The van der Waals surface area contributed by atoms with E-state index in [0.717, 1.165) is 27.9 Å². The minimum absolute atomic E-state index is 0.00558. The van der Waals surface area contributed by atoms with E-state index in [4.69, 9.17) is 16.2 Å². The Balaban J connectivity index is 1.58. The highest BCUT2D eigenvalue weighted by molar-refractivity contribution is 5.93. The second kappa shape index (κ2) is 13.1. The van der Waals surface area contributed by atoms with Crippen LogP contribution in [-0.2, 0) is 24.2 Å². The van der Waals surface area contributed by atoms with Crippen molar-refractivity contribution in [3.05, 3.63) is 106 Å². The Morgan fingerprint density at radius 1 is 1.05 bits per heavy atom. The molecular weight excluding hydrogens is 534 g/mol. The summed E-state index contributed by atoms with van der Waals surface area (Å²) < 4.78 is 5.19. The third-order valence-electron chi connectivity index (χ3n) is 7.22. The van der Waals surface area contributed by atoms with Crippen molar-refractivity contribution < 1.29 is 24.2 Å². The van der Waals surface area contributed by atoms with E-state index >= 15 is 0 Å². The topological polar surface area (TPSA) is 165 Å². The number of hydrogen-bond acceptors (Lipinski definition) is 6. The summed E-state index contributed by atoms with van der Waals surface area (Å²) in [7, 11) is 1.41. The lowest BCUT2D eigenvalue weighted by Gasteiger charge is -2.27. The maximum atomic E-state index is 13.8. The van der Waals surface area contributed by atoms with Gasteiger partial charge in [-0.25, -0.2) is 9.78 Å². The summed E-state index contributed by atoms with van der Waals surface area (Å²) in [6.07, 6.45) is 2.51. The monoisotopic (exact) mass is 569 g/mol. The molecule has 0 aliphatic carbocycles. The fourth-order valence-corrected chi connectivity index (χ4v) is 4.99. The van der Waals surface area contributed by atoms with Gasteiger partial charge in [0, 0.05) is 36.8 Å². The number of aryl methyl sites for hydroxylation is 2. The zero-order chi connectivity index (χ0) is 30.4. The average Bonchev–Trinajstić information content (AvgIpc) is 3.46. The number of benzene rings is 3. The van der Waals surface area contributed by atoms with Crippen molar-refractivity contribution in [3.63, 3.8) is 0 Å². The van der Waals surface area contributed by atoms with Crippen LogP contribution in [0.25, 0.3) is 11.3 Å². The van der Waals surface area contributed by atoms with E-state index in [1.807, 2.05) is 50.4 Å². The molecule has 0 aliphatic heterocycles. The molecule has 0 saturated heterocycles. The summed E-state index contributed by atoms with van der Waals surface area (Å²) >= 11 is 0. The van der Waals surface area contributed by atoms with Gasteiger partial charge in [-0.1, -0.05) is 36.4 Å². The van der Waals surface area contributed by atoms with Gasteiger partial charge in [0.25, 0.3) is 0 Å². The Morgan fingerprint density at radius 2 is 1.74 bits per heavy atom. The summed E-state index contributed by atoms with van der Waals surface area (Å²) in [6, 6.07) is 17.1. The third kappa shape index (κ3) is 7.02. The van der Waals surface area contributed by atoms with Gasteiger partial charge in [0.2, 0.25) is 11.8 Å². The number of carboxylic acids is 1. The summed E-state index contributed by atoms with van der Waals surface area (Å²) in [5.74, 6) is -1.01. The molecule has 10 nitrogen and oxygen atoms in total. The number of carboxylic acid groups (broad SMARTS) is 1. The van der Waals surface area contributed by atoms with Crippen molar-refractivity contribution in [2.45, 2.75) is 39.3 Å². The first-order chi connectivity index (χ1) is 20.1. The van der Waals surface area contributed by atoms with Gasteiger partial charge in [-0.15, -0.1) is 0 Å². The molecule has 0 radical (unpaired) electrons. The Hall–Kier alpha value is -4.96. The first kappa shape index (κ1) is 30.0. The number of carbonyl (C=O) groups is 3. The van der Waals surface area contributed by atoms with Crippen LogP contribution < -0.4 is 16.2 Å². The SMILES string of the molecule is COc1ccc(CN(CCc2nc(-c3ccccc3)c[nH]2)C(=O)[C@@H](N)Cc2c(C)cc(C(N)=O)cc2C)cc1C(=O)O. The van der Waals surface area contributed by atoms with Gasteiger partial charge < -0.3 is 31.2 Å². The zero-order valence-corrected chi connectivity index (χ0v) is 23.9. The predicted octanol–water partition coefficient (Wildman–Crippen LogP) is 3.64. The summed E-state index contributed by atoms with van der Waals surface area (Å²) in [4.78, 5) is 46.8. The van der Waals surface area contributed by atoms with E-state index < -0.39 is 17.9 Å². The Morgan fingerprint density at radius 3 is 2.36 bits per heavy atom. The number of rotatable bonds is 12. The highest BCUT2D eigenvalue weighted by atomic mass is 16.5. The summed E-state index contributed by atoms with van der Waals surface area (Å²) in [5, 5.41) is 9.65. The first-order valence-corrected chi connectivity index (χ1v) is 13.5. The fourth-order valence-electron chi connectivity index (χ4n) is 4.99. The van der Waals surface area contributed by atoms with Crippen LogP contribution in [0.3, 0.4) is 0 Å². The normalized spacial score (nSPS) is 11.6. The number of aromatic carboxylic acids is 1. The number of amides is 2.